The molecule has 0 heterocycles. The Hall–Kier alpha value is -1.07. The predicted molar refractivity (Wildman–Crippen MR) is 110 cm³/mol. The summed E-state index contributed by atoms with van der Waals surface area (Å²) in [5.74, 6) is 3.05. The van der Waals surface area contributed by atoms with Crippen LogP contribution in [0, 0.1) is 24.7 Å². The van der Waals surface area contributed by atoms with E-state index in [-0.39, 0.29) is 26.2 Å². The smallest absolute Gasteiger partial charge is 0 e. The number of aryl methyl sites for hydroxylation is 1. The van der Waals surface area contributed by atoms with Crippen molar-refractivity contribution in [2.75, 3.05) is 0 Å². The quantitative estimate of drug-likeness (QED) is 0.384. The fraction of sp³-hybridized carbons (Fsp3) is 0.423. The Bertz CT molecular complexity index is 940. The molecule has 4 bridgehead atoms. The van der Waals surface area contributed by atoms with Crippen LogP contribution >= 0.6 is 0 Å². The third-order valence-electron chi connectivity index (χ3n) is 7.74. The molecule has 4 fully saturated rings. The van der Waals surface area contributed by atoms with E-state index in [0.717, 1.165) is 17.8 Å². The molecule has 136 valence electrons. The molecule has 7 rings (SSSR count). The topological polar surface area (TPSA) is 0 Å². The molecule has 3 aromatic rings. The van der Waals surface area contributed by atoms with Crippen LogP contribution in [0.4, 0.5) is 0 Å². The summed E-state index contributed by atoms with van der Waals surface area (Å²) >= 11 is 0. The second-order valence-corrected chi connectivity index (χ2v) is 9.62. The zero-order valence-corrected chi connectivity index (χ0v) is 18.6. The molecule has 0 spiro atoms. The van der Waals surface area contributed by atoms with Gasteiger partial charge < -0.3 is 0 Å². The van der Waals surface area contributed by atoms with Gasteiger partial charge in [-0.3, -0.25) is 0 Å². The first kappa shape index (κ1) is 18.0. The average Bonchev–Trinajstić information content (AvgIpc) is 3.01. The Morgan fingerprint density at radius 3 is 2.11 bits per heavy atom. The van der Waals surface area contributed by atoms with Crippen LogP contribution in [0.25, 0.3) is 21.9 Å². The Morgan fingerprint density at radius 2 is 1.48 bits per heavy atom. The number of fused-ring (bicyclic) bond motifs is 1. The van der Waals surface area contributed by atoms with Gasteiger partial charge in [0.1, 0.15) is 0 Å². The maximum absolute atomic E-state index is 2.47. The summed E-state index contributed by atoms with van der Waals surface area (Å²) in [4.78, 5) is 0. The van der Waals surface area contributed by atoms with Gasteiger partial charge in [0.05, 0.1) is 0 Å². The number of benzene rings is 2. The minimum absolute atomic E-state index is 0. The summed E-state index contributed by atoms with van der Waals surface area (Å²) in [5, 5.41) is 2.76. The van der Waals surface area contributed by atoms with Gasteiger partial charge in [-0.05, 0) is 72.8 Å². The molecule has 4 saturated carbocycles. The molecule has 0 nitrogen and oxygen atoms in total. The first-order chi connectivity index (χ1) is 12.7. The van der Waals surface area contributed by atoms with E-state index in [9.17, 15) is 0 Å². The summed E-state index contributed by atoms with van der Waals surface area (Å²) in [6.45, 7) is 2.19. The van der Waals surface area contributed by atoms with Crippen molar-refractivity contribution in [3.63, 3.8) is 0 Å². The van der Waals surface area contributed by atoms with E-state index in [4.69, 9.17) is 0 Å². The first-order valence-electron chi connectivity index (χ1n) is 10.5. The van der Waals surface area contributed by atoms with Gasteiger partial charge in [-0.2, -0.15) is 6.07 Å². The molecule has 0 radical (unpaired) electrons. The monoisotopic (exact) mass is 429 g/mol. The van der Waals surface area contributed by atoms with Gasteiger partial charge in [0.15, 0.2) is 0 Å². The van der Waals surface area contributed by atoms with Gasteiger partial charge in [0, 0.05) is 26.2 Å². The van der Waals surface area contributed by atoms with E-state index in [1.54, 1.807) is 5.56 Å². The molecule has 4 aliphatic rings. The van der Waals surface area contributed by atoms with Crippen LogP contribution in [0.15, 0.2) is 54.6 Å². The van der Waals surface area contributed by atoms with Crippen LogP contribution < -0.4 is 0 Å². The molecule has 0 aliphatic heterocycles. The van der Waals surface area contributed by atoms with Gasteiger partial charge in [0.25, 0.3) is 0 Å². The molecule has 0 atom stereocenters. The van der Waals surface area contributed by atoms with Crippen LogP contribution in [0.2, 0.25) is 0 Å². The molecule has 3 aromatic carbocycles. The SMILES string of the molecule is Cc1cc2c(-c3ccc(C45CC6CC(CC(C6)C4)C5)cc3)cccc2[cH-]1.[Zr]. The normalized spacial score (nSPS) is 31.2. The minimum atomic E-state index is 0. The van der Waals surface area contributed by atoms with E-state index >= 15 is 0 Å². The maximum Gasteiger partial charge on any atom is 0 e. The zero-order valence-electron chi connectivity index (χ0n) is 16.2. The number of hydrogen-bond donors (Lipinski definition) is 0. The third kappa shape index (κ3) is 2.84. The van der Waals surface area contributed by atoms with Crippen LogP contribution in [0.1, 0.15) is 49.7 Å². The van der Waals surface area contributed by atoms with Gasteiger partial charge in [-0.1, -0.05) is 42.8 Å². The number of rotatable bonds is 2. The van der Waals surface area contributed by atoms with Crippen molar-refractivity contribution in [3.05, 3.63) is 65.7 Å². The van der Waals surface area contributed by atoms with E-state index in [1.165, 1.54) is 66.0 Å². The third-order valence-corrected chi connectivity index (χ3v) is 7.74. The molecule has 0 saturated heterocycles. The summed E-state index contributed by atoms with van der Waals surface area (Å²) < 4.78 is 0. The molecule has 0 N–H and O–H groups in total. The molecular formula is C26H27Zr-. The Balaban J connectivity index is 0.00000160. The Morgan fingerprint density at radius 1 is 0.852 bits per heavy atom. The summed E-state index contributed by atoms with van der Waals surface area (Å²) in [5.41, 5.74) is 6.25. The van der Waals surface area contributed by atoms with Crippen LogP contribution in [-0.2, 0) is 31.6 Å². The fourth-order valence-electron chi connectivity index (χ4n) is 7.10. The predicted octanol–water partition coefficient (Wildman–Crippen LogP) is 7.00. The Labute approximate surface area is 181 Å². The van der Waals surface area contributed by atoms with E-state index in [0.29, 0.717) is 5.41 Å². The molecule has 1 heteroatoms. The maximum atomic E-state index is 2.47. The molecule has 4 aliphatic carbocycles. The second-order valence-electron chi connectivity index (χ2n) is 9.62. The van der Waals surface area contributed by atoms with E-state index < -0.39 is 0 Å². The summed E-state index contributed by atoms with van der Waals surface area (Å²) in [6, 6.07) is 21.1. The van der Waals surface area contributed by atoms with Crippen molar-refractivity contribution in [1.82, 2.24) is 0 Å². The molecular weight excluding hydrogens is 404 g/mol. The van der Waals surface area contributed by atoms with Gasteiger partial charge in [0.2, 0.25) is 0 Å². The largest absolute Gasteiger partial charge is 0.165 e. The van der Waals surface area contributed by atoms with Crippen molar-refractivity contribution >= 4 is 10.8 Å². The molecule has 0 amide bonds. The first-order valence-corrected chi connectivity index (χ1v) is 10.5. The van der Waals surface area contributed by atoms with Gasteiger partial charge in [-0.15, -0.1) is 34.5 Å². The fourth-order valence-corrected chi connectivity index (χ4v) is 7.10. The standard InChI is InChI=1S/C26H27.Zr/c1-17-9-22-3-2-4-24(25(22)10-17)21-5-7-23(8-6-21)26-14-18-11-19(15-26)13-20(12-18)16-26;/h2-10,18-20H,11-16H2,1H3;/q-1;. The molecule has 27 heavy (non-hydrogen) atoms. The van der Waals surface area contributed by atoms with E-state index in [1.807, 2.05) is 0 Å². The van der Waals surface area contributed by atoms with Crippen molar-refractivity contribution in [2.24, 2.45) is 17.8 Å². The minimum Gasteiger partial charge on any atom is -0.165 e. The van der Waals surface area contributed by atoms with Crippen LogP contribution in [0.3, 0.4) is 0 Å². The van der Waals surface area contributed by atoms with Crippen molar-refractivity contribution < 1.29 is 26.2 Å². The van der Waals surface area contributed by atoms with Crippen molar-refractivity contribution in [1.29, 1.82) is 0 Å². The molecule has 0 aromatic heterocycles. The molecule has 0 unspecified atom stereocenters. The Kier molecular flexibility index (Phi) is 4.32. The van der Waals surface area contributed by atoms with Gasteiger partial charge in [-0.25, -0.2) is 0 Å². The van der Waals surface area contributed by atoms with Crippen molar-refractivity contribution in [2.45, 2.75) is 50.9 Å². The number of hydrogen-bond acceptors (Lipinski definition) is 0. The summed E-state index contributed by atoms with van der Waals surface area (Å²) in [6.07, 6.45) is 8.93. The van der Waals surface area contributed by atoms with E-state index in [2.05, 4.69) is 61.5 Å². The van der Waals surface area contributed by atoms with Gasteiger partial charge >= 0.3 is 0 Å². The average molecular weight is 431 g/mol. The second kappa shape index (κ2) is 6.48. The van der Waals surface area contributed by atoms with Crippen LogP contribution in [-0.4, -0.2) is 0 Å². The van der Waals surface area contributed by atoms with Crippen LogP contribution in [0.5, 0.6) is 0 Å². The summed E-state index contributed by atoms with van der Waals surface area (Å²) in [7, 11) is 0. The zero-order chi connectivity index (χ0) is 17.3. The van der Waals surface area contributed by atoms with Crippen molar-refractivity contribution in [3.8, 4) is 11.1 Å².